The van der Waals surface area contributed by atoms with Gasteiger partial charge in [0.1, 0.15) is 37.5 Å². The van der Waals surface area contributed by atoms with Gasteiger partial charge in [0.05, 0.1) is 0 Å². The van der Waals surface area contributed by atoms with Crippen molar-refractivity contribution >= 4 is 35.9 Å². The Bertz CT molecular complexity index is 1330. The molecule has 0 aliphatic rings. The molecule has 0 aliphatic carbocycles. The quantitative estimate of drug-likeness (QED) is 0.179. The summed E-state index contributed by atoms with van der Waals surface area (Å²) < 4.78 is 21.5. The van der Waals surface area contributed by atoms with E-state index >= 15 is 0 Å². The second kappa shape index (κ2) is 17.6. The third-order valence-corrected chi connectivity index (χ3v) is 6.92. The Kier molecular flexibility index (Phi) is 13.6. The third kappa shape index (κ3) is 13.2. The van der Waals surface area contributed by atoms with E-state index in [4.69, 9.17) is 18.9 Å². The fourth-order valence-electron chi connectivity index (χ4n) is 3.66. The Morgan fingerprint density at radius 1 is 0.591 bits per heavy atom. The summed E-state index contributed by atoms with van der Waals surface area (Å²) in [5.74, 6) is -1.31. The van der Waals surface area contributed by atoms with Gasteiger partial charge in [0.25, 0.3) is 0 Å². The summed E-state index contributed by atoms with van der Waals surface area (Å²) in [6.45, 7) is 5.16. The Morgan fingerprint density at radius 2 is 0.955 bits per heavy atom. The molecule has 234 valence electrons. The fraction of sp³-hybridized carbons (Fsp3) is 0.333. The molecule has 2 atom stereocenters. The van der Waals surface area contributed by atoms with Crippen LogP contribution < -0.4 is 10.6 Å². The maximum Gasteiger partial charge on any atom is 0.408 e. The second-order valence-corrected chi connectivity index (χ2v) is 11.8. The molecular weight excluding hydrogens is 584 g/mol. The first kappa shape index (κ1) is 34.0. The normalized spacial score (nSPS) is 12.2. The molecule has 0 aliphatic heterocycles. The topological polar surface area (TPSA) is 129 Å². The van der Waals surface area contributed by atoms with Crippen molar-refractivity contribution in [3.8, 4) is 0 Å². The van der Waals surface area contributed by atoms with Gasteiger partial charge in [-0.2, -0.15) is 11.8 Å². The standard InChI is InChI=1S/C33H38N2O8S/c1-33(2,3)43-32(39)35-28(30(37)41-20-25-15-9-5-10-16-25)23-44-22-27(29(36)40-19-24-13-7-4-8-14-24)34-31(38)42-21-26-17-11-6-12-18-26/h4-18,27-28H,19-23H2,1-3H3,(H,34,38)(H,35,39)/t27-,28-/m0/s1. The minimum Gasteiger partial charge on any atom is -0.459 e. The summed E-state index contributed by atoms with van der Waals surface area (Å²) in [7, 11) is 0. The molecule has 0 aromatic heterocycles. The van der Waals surface area contributed by atoms with Crippen molar-refractivity contribution in [3.63, 3.8) is 0 Å². The van der Waals surface area contributed by atoms with E-state index in [-0.39, 0.29) is 31.3 Å². The molecule has 0 saturated carbocycles. The molecular formula is C33H38N2O8S. The van der Waals surface area contributed by atoms with Gasteiger partial charge in [-0.15, -0.1) is 0 Å². The number of hydrogen-bond donors (Lipinski definition) is 2. The van der Waals surface area contributed by atoms with Crippen LogP contribution in [0.1, 0.15) is 37.5 Å². The number of rotatable bonds is 14. The van der Waals surface area contributed by atoms with Gasteiger partial charge in [-0.05, 0) is 37.5 Å². The molecule has 0 saturated heterocycles. The van der Waals surface area contributed by atoms with Gasteiger partial charge in [0.15, 0.2) is 0 Å². The smallest absolute Gasteiger partial charge is 0.408 e. The van der Waals surface area contributed by atoms with Crippen LogP contribution in [-0.4, -0.2) is 53.3 Å². The molecule has 0 bridgehead atoms. The van der Waals surface area contributed by atoms with Gasteiger partial charge in [-0.3, -0.25) is 0 Å². The van der Waals surface area contributed by atoms with Gasteiger partial charge in [0.2, 0.25) is 0 Å². The van der Waals surface area contributed by atoms with Crippen LogP contribution in [0, 0.1) is 0 Å². The summed E-state index contributed by atoms with van der Waals surface area (Å²) >= 11 is 1.14. The maximum atomic E-state index is 13.0. The Balaban J connectivity index is 1.64. The zero-order valence-electron chi connectivity index (χ0n) is 25.0. The van der Waals surface area contributed by atoms with Crippen molar-refractivity contribution in [1.29, 1.82) is 0 Å². The van der Waals surface area contributed by atoms with E-state index in [1.54, 1.807) is 20.8 Å². The molecule has 0 unspecified atom stereocenters. The Hall–Kier alpha value is -4.51. The first-order chi connectivity index (χ1) is 21.1. The second-order valence-electron chi connectivity index (χ2n) is 10.7. The minimum absolute atomic E-state index is 0.0101. The van der Waals surface area contributed by atoms with Crippen LogP contribution in [0.4, 0.5) is 9.59 Å². The molecule has 11 heteroatoms. The number of benzene rings is 3. The number of hydrogen-bond acceptors (Lipinski definition) is 9. The number of carbonyl (C=O) groups excluding carboxylic acids is 4. The SMILES string of the molecule is CC(C)(C)OC(=O)N[C@@H](CSC[C@H](NC(=O)OCc1ccccc1)C(=O)OCc1ccccc1)C(=O)OCc1ccccc1. The molecule has 3 aromatic rings. The summed E-state index contributed by atoms with van der Waals surface area (Å²) in [5, 5.41) is 5.11. The van der Waals surface area contributed by atoms with E-state index in [0.717, 1.165) is 28.5 Å². The summed E-state index contributed by atoms with van der Waals surface area (Å²) in [4.78, 5) is 51.2. The van der Waals surface area contributed by atoms with Crippen molar-refractivity contribution in [2.24, 2.45) is 0 Å². The Morgan fingerprint density at radius 3 is 1.34 bits per heavy atom. The van der Waals surface area contributed by atoms with Gasteiger partial charge in [-0.25, -0.2) is 19.2 Å². The van der Waals surface area contributed by atoms with Gasteiger partial charge < -0.3 is 29.6 Å². The van der Waals surface area contributed by atoms with Crippen molar-refractivity contribution < 1.29 is 38.1 Å². The largest absolute Gasteiger partial charge is 0.459 e. The molecule has 0 radical (unpaired) electrons. The fourth-order valence-corrected chi connectivity index (χ4v) is 4.70. The summed E-state index contributed by atoms with van der Waals surface area (Å²) in [6.07, 6.45) is -1.59. The molecule has 44 heavy (non-hydrogen) atoms. The number of carbonyl (C=O) groups is 4. The number of amides is 2. The first-order valence-electron chi connectivity index (χ1n) is 14.0. The van der Waals surface area contributed by atoms with E-state index in [1.807, 2.05) is 91.0 Å². The van der Waals surface area contributed by atoms with Gasteiger partial charge in [-0.1, -0.05) is 91.0 Å². The highest BCUT2D eigenvalue weighted by Crippen LogP contribution is 2.13. The lowest BCUT2D eigenvalue weighted by Crippen LogP contribution is -2.47. The van der Waals surface area contributed by atoms with Gasteiger partial charge in [0, 0.05) is 11.5 Å². The van der Waals surface area contributed by atoms with E-state index in [9.17, 15) is 19.2 Å². The van der Waals surface area contributed by atoms with Crippen molar-refractivity contribution in [2.45, 2.75) is 58.3 Å². The average molecular weight is 623 g/mol. The molecule has 2 amide bonds. The number of thioether (sulfide) groups is 1. The number of esters is 2. The highest BCUT2D eigenvalue weighted by atomic mass is 32.2. The molecule has 0 spiro atoms. The predicted molar refractivity (Wildman–Crippen MR) is 167 cm³/mol. The zero-order valence-corrected chi connectivity index (χ0v) is 25.8. The lowest BCUT2D eigenvalue weighted by Gasteiger charge is -2.23. The number of nitrogens with one attached hydrogen (secondary N) is 2. The van der Waals surface area contributed by atoms with Crippen LogP contribution in [0.2, 0.25) is 0 Å². The summed E-state index contributed by atoms with van der Waals surface area (Å²) in [6, 6.07) is 25.2. The van der Waals surface area contributed by atoms with Crippen LogP contribution >= 0.6 is 11.8 Å². The van der Waals surface area contributed by atoms with Crippen LogP contribution in [-0.2, 0) is 48.4 Å². The maximum absolute atomic E-state index is 13.0. The monoisotopic (exact) mass is 622 g/mol. The van der Waals surface area contributed by atoms with Crippen molar-refractivity contribution in [1.82, 2.24) is 10.6 Å². The highest BCUT2D eigenvalue weighted by Gasteiger charge is 2.28. The molecule has 2 N–H and O–H groups in total. The minimum atomic E-state index is -1.10. The highest BCUT2D eigenvalue weighted by molar-refractivity contribution is 7.99. The van der Waals surface area contributed by atoms with Gasteiger partial charge >= 0.3 is 24.1 Å². The number of alkyl carbamates (subject to hydrolysis) is 2. The molecule has 10 nitrogen and oxygen atoms in total. The van der Waals surface area contributed by atoms with Crippen LogP contribution in [0.5, 0.6) is 0 Å². The predicted octanol–water partition coefficient (Wildman–Crippen LogP) is 5.39. The molecule has 0 heterocycles. The van der Waals surface area contributed by atoms with E-state index in [0.29, 0.717) is 0 Å². The molecule has 3 aromatic carbocycles. The van der Waals surface area contributed by atoms with Crippen molar-refractivity contribution in [3.05, 3.63) is 108 Å². The van der Waals surface area contributed by atoms with E-state index < -0.39 is 41.8 Å². The lowest BCUT2D eigenvalue weighted by atomic mass is 10.2. The first-order valence-corrected chi connectivity index (χ1v) is 15.2. The molecule has 0 fully saturated rings. The summed E-state index contributed by atoms with van der Waals surface area (Å²) in [5.41, 5.74) is 1.56. The van der Waals surface area contributed by atoms with Crippen LogP contribution in [0.3, 0.4) is 0 Å². The molecule has 3 rings (SSSR count). The van der Waals surface area contributed by atoms with Crippen LogP contribution in [0.15, 0.2) is 91.0 Å². The third-order valence-electron chi connectivity index (χ3n) is 5.78. The van der Waals surface area contributed by atoms with Crippen molar-refractivity contribution in [2.75, 3.05) is 11.5 Å². The van der Waals surface area contributed by atoms with Crippen LogP contribution in [0.25, 0.3) is 0 Å². The zero-order chi connectivity index (χ0) is 31.8. The Labute approximate surface area is 261 Å². The lowest BCUT2D eigenvalue weighted by molar-refractivity contribution is -0.147. The van der Waals surface area contributed by atoms with E-state index in [1.165, 1.54) is 0 Å². The number of ether oxygens (including phenoxy) is 4. The van der Waals surface area contributed by atoms with E-state index in [2.05, 4.69) is 10.6 Å². The average Bonchev–Trinajstić information content (AvgIpc) is 3.01.